The minimum atomic E-state index is -0.184. The second kappa shape index (κ2) is 6.41. The van der Waals surface area contributed by atoms with Gasteiger partial charge in [-0.1, -0.05) is 44.0 Å². The van der Waals surface area contributed by atoms with Crippen LogP contribution in [0.2, 0.25) is 0 Å². The highest BCUT2D eigenvalue weighted by atomic mass is 79.9. The molecule has 20 heavy (non-hydrogen) atoms. The fraction of sp³-hybridized carbons (Fsp3) is 0.133. The largest absolute Gasteiger partial charge is 0.398 e. The summed E-state index contributed by atoms with van der Waals surface area (Å²) in [5, 5.41) is 2.95. The minimum absolute atomic E-state index is 0.0987. The van der Waals surface area contributed by atoms with Gasteiger partial charge >= 0.3 is 0 Å². The number of nitrogen functional groups attached to an aromatic ring is 1. The lowest BCUT2D eigenvalue weighted by atomic mass is 10.1. The monoisotopic (exact) mass is 396 g/mol. The third kappa shape index (κ3) is 3.61. The van der Waals surface area contributed by atoms with Crippen LogP contribution in [0, 0.1) is 0 Å². The van der Waals surface area contributed by atoms with Gasteiger partial charge in [0.2, 0.25) is 0 Å². The van der Waals surface area contributed by atoms with E-state index < -0.39 is 0 Å². The lowest BCUT2D eigenvalue weighted by Crippen LogP contribution is -2.27. The number of nitrogens with one attached hydrogen (secondary N) is 1. The summed E-state index contributed by atoms with van der Waals surface area (Å²) in [6.45, 7) is 1.94. The third-order valence-corrected chi connectivity index (χ3v) is 3.94. The second-order valence-electron chi connectivity index (χ2n) is 4.48. The first-order chi connectivity index (χ1) is 9.47. The molecular weight excluding hydrogens is 384 g/mol. The number of amides is 1. The molecule has 3 N–H and O–H groups in total. The molecule has 0 spiro atoms. The molecule has 104 valence electrons. The molecule has 1 amide bonds. The van der Waals surface area contributed by atoms with Crippen molar-refractivity contribution in [2.45, 2.75) is 13.0 Å². The summed E-state index contributed by atoms with van der Waals surface area (Å²) in [6.07, 6.45) is 0. The van der Waals surface area contributed by atoms with Crippen molar-refractivity contribution in [2.75, 3.05) is 5.73 Å². The van der Waals surface area contributed by atoms with Crippen LogP contribution < -0.4 is 11.1 Å². The van der Waals surface area contributed by atoms with Crippen LogP contribution in [0.1, 0.15) is 28.9 Å². The van der Waals surface area contributed by atoms with Gasteiger partial charge in [-0.05, 0) is 42.8 Å². The van der Waals surface area contributed by atoms with Gasteiger partial charge in [-0.2, -0.15) is 0 Å². The van der Waals surface area contributed by atoms with Crippen LogP contribution in [0.5, 0.6) is 0 Å². The van der Waals surface area contributed by atoms with Crippen LogP contribution in [-0.2, 0) is 0 Å². The van der Waals surface area contributed by atoms with Crippen molar-refractivity contribution in [2.24, 2.45) is 0 Å². The molecule has 0 aliphatic rings. The number of anilines is 1. The van der Waals surface area contributed by atoms with Crippen molar-refractivity contribution in [1.29, 1.82) is 0 Å². The van der Waals surface area contributed by atoms with Gasteiger partial charge in [-0.3, -0.25) is 4.79 Å². The number of hydrogen-bond acceptors (Lipinski definition) is 2. The summed E-state index contributed by atoms with van der Waals surface area (Å²) in [5.41, 5.74) is 7.81. The number of halogens is 2. The molecule has 0 saturated heterocycles. The lowest BCUT2D eigenvalue weighted by molar-refractivity contribution is 0.0940. The smallest absolute Gasteiger partial charge is 0.253 e. The van der Waals surface area contributed by atoms with Gasteiger partial charge in [-0.15, -0.1) is 0 Å². The van der Waals surface area contributed by atoms with Gasteiger partial charge < -0.3 is 11.1 Å². The van der Waals surface area contributed by atoms with Gasteiger partial charge in [0.1, 0.15) is 0 Å². The van der Waals surface area contributed by atoms with Crippen molar-refractivity contribution < 1.29 is 4.79 Å². The first-order valence-corrected chi connectivity index (χ1v) is 7.67. The van der Waals surface area contributed by atoms with Crippen LogP contribution >= 0.6 is 31.9 Å². The number of hydrogen-bond donors (Lipinski definition) is 2. The average molecular weight is 398 g/mol. The van der Waals surface area contributed by atoms with Crippen LogP contribution in [0.4, 0.5) is 5.69 Å². The Labute approximate surface area is 134 Å². The number of carbonyl (C=O) groups excluding carboxylic acids is 1. The van der Waals surface area contributed by atoms with Gasteiger partial charge in [0, 0.05) is 14.6 Å². The zero-order valence-electron chi connectivity index (χ0n) is 10.9. The zero-order chi connectivity index (χ0) is 14.7. The Morgan fingerprint density at radius 3 is 2.55 bits per heavy atom. The quantitative estimate of drug-likeness (QED) is 0.759. The topological polar surface area (TPSA) is 55.1 Å². The summed E-state index contributed by atoms with van der Waals surface area (Å²) < 4.78 is 1.81. The number of rotatable bonds is 3. The Bertz CT molecular complexity index is 644. The summed E-state index contributed by atoms with van der Waals surface area (Å²) in [7, 11) is 0. The van der Waals surface area contributed by atoms with Gasteiger partial charge in [0.05, 0.1) is 11.6 Å². The summed E-state index contributed by atoms with van der Waals surface area (Å²) in [5.74, 6) is -0.184. The average Bonchev–Trinajstić information content (AvgIpc) is 2.41. The molecule has 0 heterocycles. The van der Waals surface area contributed by atoms with E-state index in [1.165, 1.54) is 0 Å². The van der Waals surface area contributed by atoms with Crippen molar-refractivity contribution >= 4 is 43.5 Å². The Hall–Kier alpha value is -1.33. The third-order valence-electron chi connectivity index (χ3n) is 2.96. The maximum Gasteiger partial charge on any atom is 0.253 e. The first-order valence-electron chi connectivity index (χ1n) is 6.08. The molecule has 2 aromatic rings. The van der Waals surface area contributed by atoms with E-state index in [2.05, 4.69) is 37.2 Å². The van der Waals surface area contributed by atoms with E-state index in [9.17, 15) is 4.79 Å². The molecule has 0 radical (unpaired) electrons. The van der Waals surface area contributed by atoms with E-state index in [1.54, 1.807) is 12.1 Å². The molecule has 1 atom stereocenters. The molecule has 2 aromatic carbocycles. The molecule has 0 fully saturated rings. The molecule has 0 unspecified atom stereocenters. The predicted octanol–water partition coefficient (Wildman–Crippen LogP) is 4.28. The van der Waals surface area contributed by atoms with Gasteiger partial charge in [0.15, 0.2) is 0 Å². The SMILES string of the molecule is C[C@@H](NC(=O)c1cc(Br)ccc1N)c1cccc(Br)c1. The lowest BCUT2D eigenvalue weighted by Gasteiger charge is -2.15. The fourth-order valence-corrected chi connectivity index (χ4v) is 2.64. The highest BCUT2D eigenvalue weighted by Gasteiger charge is 2.14. The van der Waals surface area contributed by atoms with E-state index in [0.717, 1.165) is 14.5 Å². The fourth-order valence-electron chi connectivity index (χ4n) is 1.86. The Morgan fingerprint density at radius 1 is 1.15 bits per heavy atom. The molecule has 0 aromatic heterocycles. The van der Waals surface area contributed by atoms with Crippen LogP contribution in [0.25, 0.3) is 0 Å². The standard InChI is InChI=1S/C15H14Br2N2O/c1-9(10-3-2-4-11(16)7-10)19-15(20)13-8-12(17)5-6-14(13)18/h2-9H,18H2,1H3,(H,19,20)/t9-/m1/s1. The molecule has 3 nitrogen and oxygen atoms in total. The molecule has 0 aliphatic heterocycles. The van der Waals surface area contributed by atoms with E-state index in [-0.39, 0.29) is 11.9 Å². The number of benzene rings is 2. The summed E-state index contributed by atoms with van der Waals surface area (Å²) in [4.78, 5) is 12.3. The summed E-state index contributed by atoms with van der Waals surface area (Å²) >= 11 is 6.77. The van der Waals surface area contributed by atoms with Gasteiger partial charge in [-0.25, -0.2) is 0 Å². The Kier molecular flexibility index (Phi) is 4.83. The normalized spacial score (nSPS) is 11.9. The van der Waals surface area contributed by atoms with Crippen LogP contribution in [-0.4, -0.2) is 5.91 Å². The first kappa shape index (κ1) is 15.1. The number of carbonyl (C=O) groups is 1. The van der Waals surface area contributed by atoms with Crippen molar-refractivity contribution in [3.63, 3.8) is 0 Å². The highest BCUT2D eigenvalue weighted by molar-refractivity contribution is 9.10. The predicted molar refractivity (Wildman–Crippen MR) is 88.6 cm³/mol. The Balaban J connectivity index is 2.17. The highest BCUT2D eigenvalue weighted by Crippen LogP contribution is 2.21. The molecule has 0 aliphatic carbocycles. The maximum atomic E-state index is 12.3. The maximum absolute atomic E-state index is 12.3. The molecule has 2 rings (SSSR count). The van der Waals surface area contributed by atoms with Crippen molar-refractivity contribution in [3.8, 4) is 0 Å². The number of nitrogens with two attached hydrogens (primary N) is 1. The molecule has 0 saturated carbocycles. The van der Waals surface area contributed by atoms with E-state index in [4.69, 9.17) is 5.73 Å². The van der Waals surface area contributed by atoms with Crippen LogP contribution in [0.15, 0.2) is 51.4 Å². The summed E-state index contributed by atoms with van der Waals surface area (Å²) in [6, 6.07) is 13.0. The minimum Gasteiger partial charge on any atom is -0.398 e. The van der Waals surface area contributed by atoms with Crippen molar-refractivity contribution in [3.05, 3.63) is 62.5 Å². The van der Waals surface area contributed by atoms with Crippen LogP contribution in [0.3, 0.4) is 0 Å². The second-order valence-corrected chi connectivity index (χ2v) is 6.31. The van der Waals surface area contributed by atoms with Crippen molar-refractivity contribution in [1.82, 2.24) is 5.32 Å². The van der Waals surface area contributed by atoms with E-state index in [0.29, 0.717) is 11.3 Å². The van der Waals surface area contributed by atoms with Gasteiger partial charge in [0.25, 0.3) is 5.91 Å². The zero-order valence-corrected chi connectivity index (χ0v) is 14.0. The Morgan fingerprint density at radius 2 is 1.85 bits per heavy atom. The van der Waals surface area contributed by atoms with E-state index >= 15 is 0 Å². The molecular formula is C15H14Br2N2O. The van der Waals surface area contributed by atoms with E-state index in [1.807, 2.05) is 37.3 Å². The molecule has 5 heteroatoms. The molecule has 0 bridgehead atoms.